The zero-order valence-corrected chi connectivity index (χ0v) is 21.9. The molecule has 0 bridgehead atoms. The van der Waals surface area contributed by atoms with Gasteiger partial charge >= 0.3 is 0 Å². The summed E-state index contributed by atoms with van der Waals surface area (Å²) in [5.74, 6) is -0.0724. The van der Waals surface area contributed by atoms with Gasteiger partial charge in [-0.05, 0) is 41.3 Å². The highest BCUT2D eigenvalue weighted by atomic mass is 32.1. The molecule has 0 radical (unpaired) electrons. The predicted octanol–water partition coefficient (Wildman–Crippen LogP) is 4.41. The molecule has 3 aromatic rings. The highest BCUT2D eigenvalue weighted by Crippen LogP contribution is 2.47. The second-order valence-corrected chi connectivity index (χ2v) is 9.06. The number of hydrogen-bond donors (Lipinski definition) is 1. The molecule has 1 aliphatic heterocycles. The summed E-state index contributed by atoms with van der Waals surface area (Å²) in [4.78, 5) is 29.1. The number of nitrogens with zero attached hydrogens (tertiary/aromatic N) is 1. The van der Waals surface area contributed by atoms with Crippen molar-refractivity contribution in [3.8, 4) is 28.7 Å². The molecule has 37 heavy (non-hydrogen) atoms. The zero-order chi connectivity index (χ0) is 26.7. The van der Waals surface area contributed by atoms with Gasteiger partial charge in [0.2, 0.25) is 5.75 Å². The summed E-state index contributed by atoms with van der Waals surface area (Å²) >= 11 is 1.46. The number of methoxy groups -OCH3 is 5. The average molecular weight is 526 g/mol. The number of thiophene rings is 1. The summed E-state index contributed by atoms with van der Waals surface area (Å²) in [5.41, 5.74) is 0.661. The molecule has 4 rings (SSSR count). The van der Waals surface area contributed by atoms with Crippen molar-refractivity contribution in [2.24, 2.45) is 0 Å². The molecule has 1 aromatic heterocycles. The Bertz CT molecular complexity index is 1320. The molecule has 2 heterocycles. The molecule has 1 unspecified atom stereocenters. The SMILES string of the molecule is COc1ccc(/C(O)=C2\C(=O)C(=O)N(Cc3cccs3)C2c2cc(OC)c(OC)c(OC)c2)c(OC)c1. The number of carbonyl (C=O) groups is 2. The predicted molar refractivity (Wildman–Crippen MR) is 138 cm³/mol. The lowest BCUT2D eigenvalue weighted by molar-refractivity contribution is -0.140. The molecule has 1 amide bonds. The van der Waals surface area contributed by atoms with E-state index in [2.05, 4.69) is 0 Å². The van der Waals surface area contributed by atoms with Crippen LogP contribution in [0.4, 0.5) is 0 Å². The number of ketones is 1. The van der Waals surface area contributed by atoms with Gasteiger partial charge in [0.05, 0.1) is 59.3 Å². The van der Waals surface area contributed by atoms with Crippen LogP contribution in [0.3, 0.4) is 0 Å². The van der Waals surface area contributed by atoms with Crippen molar-refractivity contribution in [1.82, 2.24) is 4.90 Å². The molecule has 1 saturated heterocycles. The number of hydrogen-bond acceptors (Lipinski definition) is 9. The van der Waals surface area contributed by atoms with Crippen LogP contribution in [0.5, 0.6) is 28.7 Å². The van der Waals surface area contributed by atoms with Crippen molar-refractivity contribution in [3.63, 3.8) is 0 Å². The molecule has 9 nitrogen and oxygen atoms in total. The number of rotatable bonds is 9. The molecule has 0 saturated carbocycles. The van der Waals surface area contributed by atoms with Gasteiger partial charge in [0.15, 0.2) is 11.5 Å². The lowest BCUT2D eigenvalue weighted by atomic mass is 9.94. The van der Waals surface area contributed by atoms with Crippen molar-refractivity contribution in [3.05, 3.63) is 69.4 Å². The van der Waals surface area contributed by atoms with Crippen LogP contribution in [0, 0.1) is 0 Å². The summed E-state index contributed by atoms with van der Waals surface area (Å²) in [5, 5.41) is 13.4. The first-order valence-electron chi connectivity index (χ1n) is 11.2. The molecule has 10 heteroatoms. The number of likely N-dealkylation sites (tertiary alicyclic amines) is 1. The molecule has 1 atom stereocenters. The topological polar surface area (TPSA) is 104 Å². The zero-order valence-electron chi connectivity index (χ0n) is 21.1. The van der Waals surface area contributed by atoms with Gasteiger partial charge in [-0.15, -0.1) is 11.3 Å². The van der Waals surface area contributed by atoms with E-state index in [0.717, 1.165) is 4.88 Å². The van der Waals surface area contributed by atoms with E-state index in [-0.39, 0.29) is 29.2 Å². The number of carbonyl (C=O) groups excluding carboxylic acids is 2. The third-order valence-electron chi connectivity index (χ3n) is 6.11. The van der Waals surface area contributed by atoms with E-state index < -0.39 is 17.7 Å². The molecule has 0 aliphatic carbocycles. The summed E-state index contributed by atoms with van der Waals surface area (Å²) in [6, 6.07) is 10.9. The first kappa shape index (κ1) is 25.9. The lowest BCUT2D eigenvalue weighted by Crippen LogP contribution is -2.29. The largest absolute Gasteiger partial charge is 0.507 e. The first-order valence-corrected chi connectivity index (χ1v) is 12.1. The van der Waals surface area contributed by atoms with E-state index >= 15 is 0 Å². The normalized spacial score (nSPS) is 16.6. The Morgan fingerprint density at radius 3 is 2.11 bits per heavy atom. The quantitative estimate of drug-likeness (QED) is 0.249. The number of benzene rings is 2. The monoisotopic (exact) mass is 525 g/mol. The van der Waals surface area contributed by atoms with E-state index in [9.17, 15) is 14.7 Å². The van der Waals surface area contributed by atoms with Crippen LogP contribution < -0.4 is 23.7 Å². The Hall–Kier alpha value is -4.18. The summed E-state index contributed by atoms with van der Waals surface area (Å²) < 4.78 is 27.2. The van der Waals surface area contributed by atoms with Crippen molar-refractivity contribution < 1.29 is 38.4 Å². The smallest absolute Gasteiger partial charge is 0.295 e. The van der Waals surface area contributed by atoms with Crippen LogP contribution in [0.2, 0.25) is 0 Å². The fourth-order valence-corrected chi connectivity index (χ4v) is 5.06. The Morgan fingerprint density at radius 2 is 1.57 bits per heavy atom. The Morgan fingerprint density at radius 1 is 0.892 bits per heavy atom. The summed E-state index contributed by atoms with van der Waals surface area (Å²) in [6.07, 6.45) is 0. The number of aliphatic hydroxyl groups excluding tert-OH is 1. The number of ether oxygens (including phenoxy) is 5. The maximum Gasteiger partial charge on any atom is 0.295 e. The van der Waals surface area contributed by atoms with Crippen LogP contribution in [0.25, 0.3) is 5.76 Å². The van der Waals surface area contributed by atoms with Crippen LogP contribution in [0.15, 0.2) is 53.4 Å². The van der Waals surface area contributed by atoms with Gasteiger partial charge in [-0.2, -0.15) is 0 Å². The fourth-order valence-electron chi connectivity index (χ4n) is 4.36. The van der Waals surface area contributed by atoms with Gasteiger partial charge in [0.1, 0.15) is 17.3 Å². The van der Waals surface area contributed by atoms with Gasteiger partial charge < -0.3 is 33.7 Å². The second kappa shape index (κ2) is 10.8. The highest BCUT2D eigenvalue weighted by molar-refractivity contribution is 7.09. The van der Waals surface area contributed by atoms with Gasteiger partial charge in [-0.25, -0.2) is 0 Å². The van der Waals surface area contributed by atoms with Crippen molar-refractivity contribution in [1.29, 1.82) is 0 Å². The van der Waals surface area contributed by atoms with E-state index in [0.29, 0.717) is 28.6 Å². The van der Waals surface area contributed by atoms with Gasteiger partial charge in [0.25, 0.3) is 11.7 Å². The van der Waals surface area contributed by atoms with Crippen LogP contribution in [0.1, 0.15) is 22.0 Å². The number of aliphatic hydroxyl groups is 1. The minimum atomic E-state index is -0.942. The molecule has 0 spiro atoms. The maximum absolute atomic E-state index is 13.4. The number of Topliss-reactive ketones (excluding diaryl/α,β-unsaturated/α-hetero) is 1. The third kappa shape index (κ3) is 4.67. The minimum Gasteiger partial charge on any atom is -0.507 e. The molecular formula is C27H27NO8S. The number of amides is 1. The van der Waals surface area contributed by atoms with Crippen LogP contribution in [-0.2, 0) is 16.1 Å². The maximum atomic E-state index is 13.4. The Kier molecular flexibility index (Phi) is 7.58. The average Bonchev–Trinajstić information content (AvgIpc) is 3.53. The Labute approximate surface area is 218 Å². The standard InChI is InChI=1S/C27H27NO8S/c1-32-16-8-9-18(19(13-16)33-2)24(29)22-23(15-11-20(34-3)26(36-5)21(12-15)35-4)28(27(31)25(22)30)14-17-7-6-10-37-17/h6-13,23,29H,14H2,1-5H3/b24-22+. The molecule has 1 N–H and O–H groups in total. The van der Waals surface area contributed by atoms with Crippen LogP contribution in [-0.4, -0.2) is 57.2 Å². The fraction of sp³-hybridized carbons (Fsp3) is 0.259. The van der Waals surface area contributed by atoms with Gasteiger partial charge in [0, 0.05) is 10.9 Å². The van der Waals surface area contributed by atoms with Crippen molar-refractivity contribution in [2.75, 3.05) is 35.5 Å². The van der Waals surface area contributed by atoms with Crippen LogP contribution >= 0.6 is 11.3 Å². The van der Waals surface area contributed by atoms with Crippen molar-refractivity contribution >= 4 is 28.8 Å². The van der Waals surface area contributed by atoms with Gasteiger partial charge in [-0.1, -0.05) is 6.07 Å². The lowest BCUT2D eigenvalue weighted by Gasteiger charge is -2.26. The van der Waals surface area contributed by atoms with E-state index in [1.807, 2.05) is 17.5 Å². The first-order chi connectivity index (χ1) is 17.9. The minimum absolute atomic E-state index is 0.0840. The highest BCUT2D eigenvalue weighted by Gasteiger charge is 2.47. The molecule has 194 valence electrons. The Balaban J connectivity index is 1.97. The molecule has 1 fully saturated rings. The van der Waals surface area contributed by atoms with Gasteiger partial charge in [-0.3, -0.25) is 9.59 Å². The summed E-state index contributed by atoms with van der Waals surface area (Å²) in [7, 11) is 7.39. The van der Waals surface area contributed by atoms with E-state index in [4.69, 9.17) is 23.7 Å². The summed E-state index contributed by atoms with van der Waals surface area (Å²) in [6.45, 7) is 0.167. The van der Waals surface area contributed by atoms with E-state index in [1.54, 1.807) is 30.3 Å². The second-order valence-electron chi connectivity index (χ2n) is 8.03. The molecule has 1 aliphatic rings. The molecular weight excluding hydrogens is 498 g/mol. The van der Waals surface area contributed by atoms with E-state index in [1.165, 1.54) is 51.8 Å². The van der Waals surface area contributed by atoms with Crippen molar-refractivity contribution in [2.45, 2.75) is 12.6 Å². The third-order valence-corrected chi connectivity index (χ3v) is 6.97. The molecule has 2 aromatic carbocycles.